The summed E-state index contributed by atoms with van der Waals surface area (Å²) in [5, 5.41) is 2.35. The minimum atomic E-state index is -4.16. The molecule has 0 aliphatic carbocycles. The van der Waals surface area contributed by atoms with E-state index in [1.165, 1.54) is 12.1 Å². The number of nitrogens with two attached hydrogens (primary N) is 1. The van der Waals surface area contributed by atoms with Crippen LogP contribution in [0.5, 0.6) is 0 Å². The molecule has 0 spiro atoms. The average molecular weight is 526 g/mol. The Morgan fingerprint density at radius 1 is 1.03 bits per heavy atom. The SMILES string of the molecule is Cc1ccc(Nc2c(C(N)=O)cc(Cc3ccnc(NS(=O)(=O)NC(C)C)c3F)c(F)c2F)c(F)c1. The zero-order valence-corrected chi connectivity index (χ0v) is 20.2. The van der Waals surface area contributed by atoms with E-state index in [0.29, 0.717) is 5.56 Å². The number of pyridine rings is 1. The lowest BCUT2D eigenvalue weighted by molar-refractivity contribution is 0.100. The Bertz CT molecular complexity index is 1430. The van der Waals surface area contributed by atoms with Crippen molar-refractivity contribution in [1.82, 2.24) is 9.71 Å². The highest BCUT2D eigenvalue weighted by Gasteiger charge is 2.24. The van der Waals surface area contributed by atoms with Crippen LogP contribution in [0, 0.1) is 30.2 Å². The first-order valence-corrected chi connectivity index (χ1v) is 12.0. The fourth-order valence-electron chi connectivity index (χ4n) is 3.34. The number of halogens is 4. The quantitative estimate of drug-likeness (QED) is 0.314. The Hall–Kier alpha value is -3.71. The van der Waals surface area contributed by atoms with Crippen LogP contribution in [0.3, 0.4) is 0 Å². The van der Waals surface area contributed by atoms with Crippen LogP contribution in [0.25, 0.3) is 0 Å². The van der Waals surface area contributed by atoms with E-state index in [0.717, 1.165) is 24.4 Å². The summed E-state index contributed by atoms with van der Waals surface area (Å²) in [5.41, 5.74) is 3.83. The van der Waals surface area contributed by atoms with Gasteiger partial charge in [-0.15, -0.1) is 0 Å². The average Bonchev–Trinajstić information content (AvgIpc) is 2.76. The smallest absolute Gasteiger partial charge is 0.300 e. The summed E-state index contributed by atoms with van der Waals surface area (Å²) in [4.78, 5) is 15.7. The maximum atomic E-state index is 15.0. The van der Waals surface area contributed by atoms with Gasteiger partial charge in [0.25, 0.3) is 5.91 Å². The third-order valence-electron chi connectivity index (χ3n) is 4.90. The molecule has 2 aromatic carbocycles. The van der Waals surface area contributed by atoms with Crippen LogP contribution in [0.4, 0.5) is 34.8 Å². The number of anilines is 3. The van der Waals surface area contributed by atoms with Crippen LogP contribution in [-0.4, -0.2) is 25.4 Å². The van der Waals surface area contributed by atoms with Gasteiger partial charge >= 0.3 is 10.2 Å². The topological polar surface area (TPSA) is 126 Å². The normalized spacial score (nSPS) is 11.6. The van der Waals surface area contributed by atoms with Crippen molar-refractivity contribution in [1.29, 1.82) is 0 Å². The molecule has 0 fully saturated rings. The first-order valence-electron chi connectivity index (χ1n) is 10.6. The van der Waals surface area contributed by atoms with E-state index in [4.69, 9.17) is 5.73 Å². The predicted octanol–water partition coefficient (Wildman–Crippen LogP) is 4.03. The molecular formula is C23H23F4N5O3S. The minimum Gasteiger partial charge on any atom is -0.366 e. The van der Waals surface area contributed by atoms with E-state index in [2.05, 4.69) is 15.0 Å². The number of benzene rings is 2. The monoisotopic (exact) mass is 525 g/mol. The molecule has 5 N–H and O–H groups in total. The third kappa shape index (κ3) is 6.10. The van der Waals surface area contributed by atoms with Crippen LogP contribution in [0.15, 0.2) is 36.5 Å². The number of rotatable bonds is 9. The van der Waals surface area contributed by atoms with E-state index < -0.39 is 74.5 Å². The number of nitrogens with one attached hydrogen (secondary N) is 3. The third-order valence-corrected chi connectivity index (χ3v) is 6.15. The molecule has 1 amide bonds. The fraction of sp³-hybridized carbons (Fsp3) is 0.217. The molecule has 0 unspecified atom stereocenters. The fourth-order valence-corrected chi connectivity index (χ4v) is 4.42. The largest absolute Gasteiger partial charge is 0.366 e. The molecule has 0 atom stereocenters. The first kappa shape index (κ1) is 26.9. The van der Waals surface area contributed by atoms with Crippen molar-refractivity contribution >= 4 is 33.3 Å². The van der Waals surface area contributed by atoms with Crippen molar-refractivity contribution in [2.75, 3.05) is 10.0 Å². The van der Waals surface area contributed by atoms with Gasteiger partial charge in [0.15, 0.2) is 23.3 Å². The Balaban J connectivity index is 2.00. The van der Waals surface area contributed by atoms with Crippen molar-refractivity contribution < 1.29 is 30.8 Å². The number of carbonyl (C=O) groups excluding carboxylic acids is 1. The van der Waals surface area contributed by atoms with E-state index in [-0.39, 0.29) is 11.3 Å². The highest BCUT2D eigenvalue weighted by Crippen LogP contribution is 2.31. The number of nitrogens with zero attached hydrogens (tertiary/aromatic N) is 1. The summed E-state index contributed by atoms with van der Waals surface area (Å²) < 4.78 is 87.5. The Labute approximate surface area is 205 Å². The lowest BCUT2D eigenvalue weighted by atomic mass is 10.00. The maximum Gasteiger partial charge on any atom is 0.300 e. The molecule has 13 heteroatoms. The van der Waals surface area contributed by atoms with Gasteiger partial charge in [0.1, 0.15) is 5.82 Å². The second-order valence-electron chi connectivity index (χ2n) is 8.25. The number of primary amides is 1. The molecule has 36 heavy (non-hydrogen) atoms. The molecule has 0 aliphatic heterocycles. The minimum absolute atomic E-state index is 0.221. The Kier molecular flexibility index (Phi) is 7.84. The van der Waals surface area contributed by atoms with Gasteiger partial charge < -0.3 is 11.1 Å². The van der Waals surface area contributed by atoms with E-state index in [9.17, 15) is 26.4 Å². The second-order valence-corrected chi connectivity index (χ2v) is 9.69. The molecule has 8 nitrogen and oxygen atoms in total. The van der Waals surface area contributed by atoms with Crippen molar-refractivity contribution in [3.63, 3.8) is 0 Å². The van der Waals surface area contributed by atoms with Crippen LogP contribution < -0.4 is 20.5 Å². The van der Waals surface area contributed by atoms with E-state index >= 15 is 4.39 Å². The van der Waals surface area contributed by atoms with Crippen LogP contribution in [0.1, 0.15) is 40.9 Å². The molecule has 1 aromatic heterocycles. The molecule has 3 rings (SSSR count). The van der Waals surface area contributed by atoms with Crippen LogP contribution in [-0.2, 0) is 16.6 Å². The van der Waals surface area contributed by atoms with Gasteiger partial charge in [-0.1, -0.05) is 6.07 Å². The number of aryl methyl sites for hydroxylation is 1. The lowest BCUT2D eigenvalue weighted by Crippen LogP contribution is -2.35. The highest BCUT2D eigenvalue weighted by atomic mass is 32.2. The molecule has 0 radical (unpaired) electrons. The van der Waals surface area contributed by atoms with Gasteiger partial charge in [0, 0.05) is 18.7 Å². The summed E-state index contributed by atoms with van der Waals surface area (Å²) in [5.74, 6) is -6.67. The summed E-state index contributed by atoms with van der Waals surface area (Å²) in [6, 6.07) is 5.52. The van der Waals surface area contributed by atoms with E-state index in [1.54, 1.807) is 20.8 Å². The van der Waals surface area contributed by atoms with Crippen molar-refractivity contribution in [2.24, 2.45) is 5.73 Å². The van der Waals surface area contributed by atoms with Gasteiger partial charge in [-0.25, -0.2) is 22.5 Å². The zero-order valence-electron chi connectivity index (χ0n) is 19.4. The number of hydrogen-bond acceptors (Lipinski definition) is 5. The van der Waals surface area contributed by atoms with Crippen LogP contribution in [0.2, 0.25) is 0 Å². The Morgan fingerprint density at radius 3 is 2.33 bits per heavy atom. The molecule has 1 heterocycles. The predicted molar refractivity (Wildman–Crippen MR) is 127 cm³/mol. The lowest BCUT2D eigenvalue weighted by Gasteiger charge is -2.16. The first-order chi connectivity index (χ1) is 16.8. The van der Waals surface area contributed by atoms with Gasteiger partial charge in [0.05, 0.1) is 16.9 Å². The van der Waals surface area contributed by atoms with Gasteiger partial charge in [0.2, 0.25) is 0 Å². The van der Waals surface area contributed by atoms with Crippen LogP contribution >= 0.6 is 0 Å². The standard InChI is InChI=1S/C23H23F4N5O3S/c1-11(2)31-36(34,35)32-23-19(26)13(6-7-29-23)9-14-10-15(22(28)33)21(20(27)18(14)25)30-17-5-4-12(3)8-16(17)24/h4-8,10-11,30-31H,9H2,1-3H3,(H2,28,33)(H,29,32). The summed E-state index contributed by atoms with van der Waals surface area (Å²) >= 11 is 0. The van der Waals surface area contributed by atoms with Crippen molar-refractivity contribution in [3.8, 4) is 0 Å². The van der Waals surface area contributed by atoms with E-state index in [1.807, 2.05) is 4.72 Å². The maximum absolute atomic E-state index is 15.0. The molecule has 3 aromatic rings. The molecule has 192 valence electrons. The summed E-state index contributed by atoms with van der Waals surface area (Å²) in [6.45, 7) is 4.74. The van der Waals surface area contributed by atoms with Gasteiger partial charge in [-0.3, -0.25) is 9.52 Å². The molecule has 0 bridgehead atoms. The molecule has 0 saturated carbocycles. The van der Waals surface area contributed by atoms with Gasteiger partial charge in [-0.2, -0.15) is 13.1 Å². The number of hydrogen-bond donors (Lipinski definition) is 4. The zero-order chi connectivity index (χ0) is 26.8. The van der Waals surface area contributed by atoms with Crippen molar-refractivity contribution in [2.45, 2.75) is 33.2 Å². The Morgan fingerprint density at radius 2 is 1.72 bits per heavy atom. The summed E-state index contributed by atoms with van der Waals surface area (Å²) in [7, 11) is -4.16. The molecular weight excluding hydrogens is 502 g/mol. The number of carbonyl (C=O) groups is 1. The number of aromatic nitrogens is 1. The summed E-state index contributed by atoms with van der Waals surface area (Å²) in [6.07, 6.45) is 0.494. The number of amides is 1. The van der Waals surface area contributed by atoms with Crippen molar-refractivity contribution in [3.05, 3.63) is 82.1 Å². The molecule has 0 aliphatic rings. The second kappa shape index (κ2) is 10.5. The highest BCUT2D eigenvalue weighted by molar-refractivity contribution is 7.90. The molecule has 0 saturated heterocycles. The van der Waals surface area contributed by atoms with Gasteiger partial charge in [-0.05, 0) is 61.7 Å².